The molecule has 1 heterocycles. The van der Waals surface area contributed by atoms with Crippen LogP contribution < -0.4 is 4.74 Å². The summed E-state index contributed by atoms with van der Waals surface area (Å²) >= 11 is 0. The van der Waals surface area contributed by atoms with Gasteiger partial charge in [-0.25, -0.2) is 0 Å². The fourth-order valence-electron chi connectivity index (χ4n) is 2.85. The Balaban J connectivity index is 1.74. The average molecular weight is 321 g/mol. The summed E-state index contributed by atoms with van der Waals surface area (Å²) in [5, 5.41) is 10.2. The first kappa shape index (κ1) is 17.8. The van der Waals surface area contributed by atoms with Gasteiger partial charge in [-0.2, -0.15) is 0 Å². The molecule has 0 amide bonds. The van der Waals surface area contributed by atoms with Crippen molar-refractivity contribution in [2.75, 3.05) is 32.8 Å². The van der Waals surface area contributed by atoms with Crippen LogP contribution in [0.5, 0.6) is 5.75 Å². The van der Waals surface area contributed by atoms with E-state index in [0.717, 1.165) is 25.1 Å². The first-order valence-electron chi connectivity index (χ1n) is 8.35. The van der Waals surface area contributed by atoms with E-state index >= 15 is 0 Å². The smallest absolute Gasteiger partial charge is 0.310 e. The Hall–Kier alpha value is -1.59. The molecule has 0 aliphatic carbocycles. The monoisotopic (exact) mass is 321 g/mol. The number of β-amino-alcohol motifs (C(OH)–C–C–N with tert-alkyl or cyclic N) is 1. The number of benzene rings is 1. The van der Waals surface area contributed by atoms with Crippen LogP contribution in [0.1, 0.15) is 25.3 Å². The van der Waals surface area contributed by atoms with Crippen LogP contribution in [0.25, 0.3) is 0 Å². The van der Waals surface area contributed by atoms with Crippen LogP contribution in [-0.2, 0) is 9.53 Å². The lowest BCUT2D eigenvalue weighted by atomic mass is 9.98. The molecule has 23 heavy (non-hydrogen) atoms. The number of rotatable bonds is 7. The van der Waals surface area contributed by atoms with Crippen molar-refractivity contribution in [3.63, 3.8) is 0 Å². The van der Waals surface area contributed by atoms with E-state index in [9.17, 15) is 9.90 Å². The molecule has 1 saturated heterocycles. The van der Waals surface area contributed by atoms with Gasteiger partial charge in [-0.3, -0.25) is 9.69 Å². The molecule has 0 radical (unpaired) electrons. The summed E-state index contributed by atoms with van der Waals surface area (Å²) in [6.45, 7) is 6.59. The van der Waals surface area contributed by atoms with Crippen molar-refractivity contribution in [2.24, 2.45) is 5.92 Å². The van der Waals surface area contributed by atoms with Crippen molar-refractivity contribution in [1.82, 2.24) is 4.90 Å². The summed E-state index contributed by atoms with van der Waals surface area (Å²) in [5.74, 6) is 0.564. The molecule has 1 N–H and O–H groups in total. The molecule has 1 aliphatic rings. The minimum absolute atomic E-state index is 0.0751. The van der Waals surface area contributed by atoms with E-state index in [1.54, 1.807) is 0 Å². The molecule has 1 aliphatic heterocycles. The Kier molecular flexibility index (Phi) is 6.86. The highest BCUT2D eigenvalue weighted by atomic mass is 16.5. The van der Waals surface area contributed by atoms with E-state index in [2.05, 4.69) is 4.90 Å². The zero-order chi connectivity index (χ0) is 16.7. The third kappa shape index (κ3) is 5.84. The summed E-state index contributed by atoms with van der Waals surface area (Å²) in [7, 11) is 0. The molecule has 0 aromatic heterocycles. The molecule has 2 atom stereocenters. The summed E-state index contributed by atoms with van der Waals surface area (Å²) in [6.07, 6.45) is 1.25. The van der Waals surface area contributed by atoms with Gasteiger partial charge in [0.2, 0.25) is 0 Å². The molecule has 2 unspecified atom stereocenters. The lowest BCUT2D eigenvalue weighted by Crippen LogP contribution is -2.44. The van der Waals surface area contributed by atoms with E-state index in [1.165, 1.54) is 5.56 Å². The Morgan fingerprint density at radius 2 is 2.13 bits per heavy atom. The quantitative estimate of drug-likeness (QED) is 0.779. The number of hydrogen-bond donors (Lipinski definition) is 1. The van der Waals surface area contributed by atoms with E-state index in [4.69, 9.17) is 9.47 Å². The Morgan fingerprint density at radius 3 is 2.83 bits per heavy atom. The van der Waals surface area contributed by atoms with Gasteiger partial charge in [-0.15, -0.1) is 0 Å². The second-order valence-electron chi connectivity index (χ2n) is 6.13. The Labute approximate surface area is 138 Å². The van der Waals surface area contributed by atoms with Crippen molar-refractivity contribution >= 4 is 5.97 Å². The van der Waals surface area contributed by atoms with Gasteiger partial charge in [0.05, 0.1) is 12.5 Å². The van der Waals surface area contributed by atoms with Crippen LogP contribution in [0, 0.1) is 12.8 Å². The second-order valence-corrected chi connectivity index (χ2v) is 6.13. The highest BCUT2D eigenvalue weighted by Gasteiger charge is 2.27. The third-order valence-electron chi connectivity index (χ3n) is 4.06. The van der Waals surface area contributed by atoms with E-state index in [0.29, 0.717) is 19.7 Å². The maximum atomic E-state index is 11.8. The van der Waals surface area contributed by atoms with Crippen LogP contribution in [0.4, 0.5) is 0 Å². The highest BCUT2D eigenvalue weighted by Crippen LogP contribution is 2.18. The zero-order valence-electron chi connectivity index (χ0n) is 14.0. The number of ether oxygens (including phenoxy) is 2. The molecule has 0 bridgehead atoms. The van der Waals surface area contributed by atoms with Crippen molar-refractivity contribution < 1.29 is 19.4 Å². The molecule has 1 aromatic rings. The summed E-state index contributed by atoms with van der Waals surface area (Å²) in [4.78, 5) is 14.0. The topological polar surface area (TPSA) is 59.0 Å². The fraction of sp³-hybridized carbons (Fsp3) is 0.611. The molecular formula is C18H27NO4. The number of likely N-dealkylation sites (tertiary alicyclic amines) is 1. The molecule has 128 valence electrons. The van der Waals surface area contributed by atoms with Crippen molar-refractivity contribution in [2.45, 2.75) is 32.8 Å². The second kappa shape index (κ2) is 8.89. The molecule has 5 nitrogen and oxygen atoms in total. The van der Waals surface area contributed by atoms with Crippen LogP contribution >= 0.6 is 0 Å². The normalized spacial score (nSPS) is 20.0. The molecule has 0 spiro atoms. The zero-order valence-corrected chi connectivity index (χ0v) is 14.0. The third-order valence-corrected chi connectivity index (χ3v) is 4.06. The molecular weight excluding hydrogens is 294 g/mol. The van der Waals surface area contributed by atoms with Crippen molar-refractivity contribution in [3.8, 4) is 5.75 Å². The van der Waals surface area contributed by atoms with E-state index in [-0.39, 0.29) is 18.5 Å². The first-order valence-corrected chi connectivity index (χ1v) is 8.35. The summed E-state index contributed by atoms with van der Waals surface area (Å²) < 4.78 is 10.7. The summed E-state index contributed by atoms with van der Waals surface area (Å²) in [5.41, 5.74) is 1.18. The van der Waals surface area contributed by atoms with Crippen molar-refractivity contribution in [1.29, 1.82) is 0 Å². The molecule has 5 heteroatoms. The van der Waals surface area contributed by atoms with E-state index < -0.39 is 6.10 Å². The summed E-state index contributed by atoms with van der Waals surface area (Å²) in [6, 6.07) is 7.77. The van der Waals surface area contributed by atoms with Gasteiger partial charge in [0, 0.05) is 13.1 Å². The van der Waals surface area contributed by atoms with Crippen LogP contribution in [0.3, 0.4) is 0 Å². The predicted octanol–water partition coefficient (Wildman–Crippen LogP) is 2.01. The minimum atomic E-state index is -0.572. The molecule has 1 aromatic carbocycles. The minimum Gasteiger partial charge on any atom is -0.491 e. The Morgan fingerprint density at radius 1 is 1.39 bits per heavy atom. The molecule has 2 rings (SSSR count). The number of aryl methyl sites for hydroxylation is 1. The van der Waals surface area contributed by atoms with Crippen molar-refractivity contribution in [3.05, 3.63) is 29.8 Å². The van der Waals surface area contributed by atoms with Crippen LogP contribution in [0.2, 0.25) is 0 Å². The van der Waals surface area contributed by atoms with Gasteiger partial charge in [-0.1, -0.05) is 17.7 Å². The van der Waals surface area contributed by atoms with Crippen LogP contribution in [-0.4, -0.2) is 54.9 Å². The van der Waals surface area contributed by atoms with Gasteiger partial charge >= 0.3 is 5.97 Å². The SMILES string of the molecule is CCOC(=O)C1CCCN(CC(O)COc2ccc(C)cc2)C1. The number of nitrogens with zero attached hydrogens (tertiary/aromatic N) is 1. The first-order chi connectivity index (χ1) is 11.1. The van der Waals surface area contributed by atoms with Gasteiger partial charge in [0.1, 0.15) is 18.5 Å². The number of aliphatic hydroxyl groups is 1. The Bertz CT molecular complexity index is 488. The number of esters is 1. The standard InChI is InChI=1S/C18H27NO4/c1-3-22-18(21)15-5-4-10-19(11-15)12-16(20)13-23-17-8-6-14(2)7-9-17/h6-9,15-16,20H,3-5,10-13H2,1-2H3. The maximum Gasteiger partial charge on any atom is 0.310 e. The van der Waals surface area contributed by atoms with Gasteiger partial charge in [0.25, 0.3) is 0 Å². The molecule has 0 saturated carbocycles. The number of carbonyl (C=O) groups excluding carboxylic acids is 1. The van der Waals surface area contributed by atoms with Crippen LogP contribution in [0.15, 0.2) is 24.3 Å². The number of aliphatic hydroxyl groups excluding tert-OH is 1. The highest BCUT2D eigenvalue weighted by molar-refractivity contribution is 5.72. The number of piperidine rings is 1. The number of carbonyl (C=O) groups is 1. The fourth-order valence-corrected chi connectivity index (χ4v) is 2.85. The largest absolute Gasteiger partial charge is 0.491 e. The van der Waals surface area contributed by atoms with Gasteiger partial charge in [0.15, 0.2) is 0 Å². The van der Waals surface area contributed by atoms with Gasteiger partial charge in [-0.05, 0) is 45.4 Å². The van der Waals surface area contributed by atoms with E-state index in [1.807, 2.05) is 38.1 Å². The molecule has 1 fully saturated rings. The lowest BCUT2D eigenvalue weighted by Gasteiger charge is -2.32. The lowest BCUT2D eigenvalue weighted by molar-refractivity contribution is -0.150. The predicted molar refractivity (Wildman–Crippen MR) is 88.5 cm³/mol. The maximum absolute atomic E-state index is 11.8. The van der Waals surface area contributed by atoms with Gasteiger partial charge < -0.3 is 14.6 Å². The number of hydrogen-bond acceptors (Lipinski definition) is 5. The average Bonchev–Trinajstić information content (AvgIpc) is 2.55.